The van der Waals surface area contributed by atoms with Gasteiger partial charge in [0.1, 0.15) is 7.11 Å². The van der Waals surface area contributed by atoms with Gasteiger partial charge < -0.3 is 9.26 Å². The average Bonchev–Trinajstić information content (AvgIpc) is 2.14. The Morgan fingerprint density at radius 2 is 2.71 bits per heavy atom. The second kappa shape index (κ2) is 1.64. The fraction of sp³-hybridized carbons (Fsp3) is 0. The molecule has 1 heterocycles. The van der Waals surface area contributed by atoms with Gasteiger partial charge in [0.15, 0.2) is 0 Å². The molecule has 0 N–H and O–H groups in total. The van der Waals surface area contributed by atoms with E-state index < -0.39 is 0 Å². The SMILES string of the molecule is [CH2]Oc1ccno1. The highest BCUT2D eigenvalue weighted by molar-refractivity contribution is 4.98. The van der Waals surface area contributed by atoms with Gasteiger partial charge >= 0.3 is 5.95 Å². The molecule has 0 atom stereocenters. The predicted octanol–water partition coefficient (Wildman–Crippen LogP) is 0.845. The fourth-order valence-corrected chi connectivity index (χ4v) is 0.279. The van der Waals surface area contributed by atoms with E-state index in [2.05, 4.69) is 21.5 Å². The first kappa shape index (κ1) is 4.18. The van der Waals surface area contributed by atoms with Crippen LogP contribution in [0.25, 0.3) is 0 Å². The van der Waals surface area contributed by atoms with Gasteiger partial charge in [-0.25, -0.2) is 0 Å². The van der Waals surface area contributed by atoms with Gasteiger partial charge in [-0.3, -0.25) is 0 Å². The lowest BCUT2D eigenvalue weighted by Gasteiger charge is -1.82. The second-order valence-corrected chi connectivity index (χ2v) is 0.976. The van der Waals surface area contributed by atoms with Crippen molar-refractivity contribution in [3.8, 4) is 5.95 Å². The Morgan fingerprint density at radius 3 is 3.00 bits per heavy atom. The van der Waals surface area contributed by atoms with Crippen LogP contribution in [0.4, 0.5) is 0 Å². The van der Waals surface area contributed by atoms with Gasteiger partial charge in [0.05, 0.1) is 6.20 Å². The van der Waals surface area contributed by atoms with Crippen molar-refractivity contribution in [3.63, 3.8) is 0 Å². The van der Waals surface area contributed by atoms with E-state index in [9.17, 15) is 0 Å². The number of hydrogen-bond donors (Lipinski definition) is 0. The standard InChI is InChI=1S/C4H4NO2/c1-6-4-2-3-5-7-4/h2-3H,1H2. The van der Waals surface area contributed by atoms with Crippen LogP contribution in [0.1, 0.15) is 0 Å². The molecule has 7 heavy (non-hydrogen) atoms. The van der Waals surface area contributed by atoms with Gasteiger partial charge in [-0.05, 0) is 0 Å². The third-order valence-electron chi connectivity index (χ3n) is 0.556. The van der Waals surface area contributed by atoms with Crippen LogP contribution in [-0.2, 0) is 0 Å². The summed E-state index contributed by atoms with van der Waals surface area (Å²) in [6, 6.07) is 1.58. The van der Waals surface area contributed by atoms with Crippen LogP contribution in [0.2, 0.25) is 0 Å². The summed E-state index contributed by atoms with van der Waals surface area (Å²) in [6.45, 7) is 0. The molecule has 0 aromatic carbocycles. The molecule has 0 bridgehead atoms. The molecule has 1 aromatic heterocycles. The molecule has 0 fully saturated rings. The van der Waals surface area contributed by atoms with Crippen LogP contribution in [0, 0.1) is 7.11 Å². The van der Waals surface area contributed by atoms with Crippen molar-refractivity contribution in [1.29, 1.82) is 0 Å². The molecule has 3 nitrogen and oxygen atoms in total. The summed E-state index contributed by atoms with van der Waals surface area (Å²) in [5.41, 5.74) is 0. The van der Waals surface area contributed by atoms with Crippen LogP contribution in [0.3, 0.4) is 0 Å². The van der Waals surface area contributed by atoms with Crippen molar-refractivity contribution in [2.45, 2.75) is 0 Å². The molecule has 0 aliphatic carbocycles. The maximum atomic E-state index is 4.45. The zero-order chi connectivity index (χ0) is 5.11. The summed E-state index contributed by atoms with van der Waals surface area (Å²) in [5.74, 6) is 0.333. The molecule has 0 saturated heterocycles. The van der Waals surface area contributed by atoms with E-state index in [1.165, 1.54) is 6.20 Å². The molecular weight excluding hydrogens is 94.0 g/mol. The third kappa shape index (κ3) is 0.707. The summed E-state index contributed by atoms with van der Waals surface area (Å²) in [7, 11) is 3.09. The Hall–Kier alpha value is -0.990. The summed E-state index contributed by atoms with van der Waals surface area (Å²) in [5, 5.41) is 3.35. The van der Waals surface area contributed by atoms with Crippen LogP contribution in [-0.4, -0.2) is 5.16 Å². The molecule has 0 saturated carbocycles. The summed E-state index contributed by atoms with van der Waals surface area (Å²) >= 11 is 0. The van der Waals surface area contributed by atoms with Crippen molar-refractivity contribution in [3.05, 3.63) is 19.4 Å². The smallest absolute Gasteiger partial charge is 0.311 e. The molecule has 1 aromatic rings. The van der Waals surface area contributed by atoms with Gasteiger partial charge in [0.2, 0.25) is 0 Å². The first-order valence-corrected chi connectivity index (χ1v) is 1.76. The quantitative estimate of drug-likeness (QED) is 0.522. The molecule has 3 heteroatoms. The Balaban J connectivity index is 2.76. The second-order valence-electron chi connectivity index (χ2n) is 0.976. The van der Waals surface area contributed by atoms with Gasteiger partial charge in [-0.2, -0.15) is 0 Å². The van der Waals surface area contributed by atoms with Crippen LogP contribution < -0.4 is 4.74 Å². The Kier molecular flexibility index (Phi) is 0.978. The monoisotopic (exact) mass is 98.0 g/mol. The van der Waals surface area contributed by atoms with Gasteiger partial charge in [0.25, 0.3) is 0 Å². The summed E-state index contributed by atoms with van der Waals surface area (Å²) < 4.78 is 8.82. The van der Waals surface area contributed by atoms with E-state index in [0.29, 0.717) is 5.95 Å². The van der Waals surface area contributed by atoms with E-state index in [1.54, 1.807) is 6.07 Å². The zero-order valence-electron chi connectivity index (χ0n) is 3.63. The van der Waals surface area contributed by atoms with E-state index in [0.717, 1.165) is 0 Å². The molecule has 37 valence electrons. The van der Waals surface area contributed by atoms with Gasteiger partial charge in [-0.1, -0.05) is 5.16 Å². The van der Waals surface area contributed by atoms with E-state index >= 15 is 0 Å². The number of hydrogen-bond acceptors (Lipinski definition) is 3. The lowest BCUT2D eigenvalue weighted by atomic mass is 10.7. The van der Waals surface area contributed by atoms with Crippen LogP contribution in [0.15, 0.2) is 16.8 Å². The minimum atomic E-state index is 0.333. The number of aromatic nitrogens is 1. The first-order valence-electron chi connectivity index (χ1n) is 1.76. The van der Waals surface area contributed by atoms with Gasteiger partial charge in [-0.15, -0.1) is 0 Å². The summed E-state index contributed by atoms with van der Waals surface area (Å²) in [4.78, 5) is 0. The van der Waals surface area contributed by atoms with E-state index in [4.69, 9.17) is 0 Å². The number of rotatable bonds is 1. The van der Waals surface area contributed by atoms with Crippen molar-refractivity contribution < 1.29 is 9.26 Å². The Bertz CT molecular complexity index is 124. The highest BCUT2D eigenvalue weighted by Crippen LogP contribution is 2.04. The van der Waals surface area contributed by atoms with E-state index in [1.807, 2.05) is 0 Å². The molecule has 0 aliphatic rings. The van der Waals surface area contributed by atoms with Crippen molar-refractivity contribution in [2.75, 3.05) is 0 Å². The minimum Gasteiger partial charge on any atom is -0.460 e. The zero-order valence-corrected chi connectivity index (χ0v) is 3.63. The predicted molar refractivity (Wildman–Crippen MR) is 22.5 cm³/mol. The minimum absolute atomic E-state index is 0.333. The molecule has 1 radical (unpaired) electrons. The maximum Gasteiger partial charge on any atom is 0.311 e. The highest BCUT2D eigenvalue weighted by atomic mass is 16.6. The van der Waals surface area contributed by atoms with Crippen molar-refractivity contribution >= 4 is 0 Å². The fourth-order valence-electron chi connectivity index (χ4n) is 0.279. The largest absolute Gasteiger partial charge is 0.460 e. The normalized spacial score (nSPS) is 8.71. The van der Waals surface area contributed by atoms with Crippen molar-refractivity contribution in [2.24, 2.45) is 0 Å². The molecule has 0 unspecified atom stereocenters. The lowest BCUT2D eigenvalue weighted by Crippen LogP contribution is -1.70. The molecule has 0 amide bonds. The number of nitrogens with zero attached hydrogens (tertiary/aromatic N) is 1. The van der Waals surface area contributed by atoms with E-state index in [-0.39, 0.29) is 0 Å². The molecular formula is C4H4NO2. The Labute approximate surface area is 40.9 Å². The van der Waals surface area contributed by atoms with Crippen molar-refractivity contribution in [1.82, 2.24) is 5.16 Å². The highest BCUT2D eigenvalue weighted by Gasteiger charge is 1.87. The maximum absolute atomic E-state index is 4.45. The third-order valence-corrected chi connectivity index (χ3v) is 0.556. The van der Waals surface area contributed by atoms with Gasteiger partial charge in [0, 0.05) is 6.07 Å². The molecule has 0 aliphatic heterocycles. The molecule has 1 rings (SSSR count). The summed E-state index contributed by atoms with van der Waals surface area (Å²) in [6.07, 6.45) is 1.49. The topological polar surface area (TPSA) is 35.3 Å². The first-order chi connectivity index (χ1) is 3.43. The Morgan fingerprint density at radius 1 is 1.86 bits per heavy atom. The lowest BCUT2D eigenvalue weighted by molar-refractivity contribution is 0.285. The average molecular weight is 98.1 g/mol. The van der Waals surface area contributed by atoms with Crippen LogP contribution >= 0.6 is 0 Å². The van der Waals surface area contributed by atoms with Crippen LogP contribution in [0.5, 0.6) is 5.95 Å². The number of ether oxygens (including phenoxy) is 1. The molecule has 0 spiro atoms.